The zero-order valence-electron chi connectivity index (χ0n) is 15.7. The standard InChI is InChI=1S/C20H24N4O3/c1-13-10-16(19-22-18(23-27-19)15-5-6-15)7-8-17(13)21-20(25)24(2)11-14-4-3-9-26-12-14/h4,7-8,10,15H,3,5-6,9,11-12H2,1-2H3,(H,21,25). The van der Waals surface area contributed by atoms with Crippen molar-refractivity contribution >= 4 is 11.7 Å². The molecule has 0 atom stereocenters. The summed E-state index contributed by atoms with van der Waals surface area (Å²) in [4.78, 5) is 18.6. The van der Waals surface area contributed by atoms with Gasteiger partial charge in [0.2, 0.25) is 0 Å². The average molecular weight is 368 g/mol. The van der Waals surface area contributed by atoms with Crippen molar-refractivity contribution < 1.29 is 14.1 Å². The van der Waals surface area contributed by atoms with Crippen LogP contribution in [0.3, 0.4) is 0 Å². The van der Waals surface area contributed by atoms with Crippen LogP contribution in [0.4, 0.5) is 10.5 Å². The molecule has 0 radical (unpaired) electrons. The van der Waals surface area contributed by atoms with Gasteiger partial charge in [-0.25, -0.2) is 4.79 Å². The van der Waals surface area contributed by atoms with Crippen molar-refractivity contribution in [3.63, 3.8) is 0 Å². The Bertz CT molecular complexity index is 870. The SMILES string of the molecule is Cc1cc(-c2nc(C3CC3)no2)ccc1NC(=O)N(C)CC1=CCCOC1. The molecule has 27 heavy (non-hydrogen) atoms. The topological polar surface area (TPSA) is 80.5 Å². The van der Waals surface area contributed by atoms with Crippen molar-refractivity contribution in [2.45, 2.75) is 32.1 Å². The van der Waals surface area contributed by atoms with Crippen molar-refractivity contribution in [3.05, 3.63) is 41.2 Å². The van der Waals surface area contributed by atoms with Gasteiger partial charge in [0.1, 0.15) is 0 Å². The average Bonchev–Trinajstić information content (AvgIpc) is 3.41. The summed E-state index contributed by atoms with van der Waals surface area (Å²) >= 11 is 0. The third kappa shape index (κ3) is 4.19. The molecule has 2 aliphatic rings. The molecule has 7 nitrogen and oxygen atoms in total. The summed E-state index contributed by atoms with van der Waals surface area (Å²) in [5, 5.41) is 7.02. The summed E-state index contributed by atoms with van der Waals surface area (Å²) in [6.45, 7) is 3.87. The van der Waals surface area contributed by atoms with Crippen LogP contribution in [0.1, 0.15) is 36.6 Å². The Kier molecular flexibility index (Phi) is 4.94. The number of carbonyl (C=O) groups excluding carboxylic acids is 1. The fourth-order valence-electron chi connectivity index (χ4n) is 3.10. The van der Waals surface area contributed by atoms with Gasteiger partial charge in [-0.3, -0.25) is 0 Å². The first-order chi connectivity index (χ1) is 13.1. The first-order valence-corrected chi connectivity index (χ1v) is 9.32. The second-order valence-electron chi connectivity index (χ2n) is 7.25. The van der Waals surface area contributed by atoms with Crippen LogP contribution in [0.25, 0.3) is 11.5 Å². The van der Waals surface area contributed by atoms with Crippen molar-refractivity contribution in [1.29, 1.82) is 0 Å². The second kappa shape index (κ2) is 7.52. The summed E-state index contributed by atoms with van der Waals surface area (Å²) in [7, 11) is 1.78. The number of nitrogens with one attached hydrogen (secondary N) is 1. The quantitative estimate of drug-likeness (QED) is 0.813. The van der Waals surface area contributed by atoms with Gasteiger partial charge in [0.05, 0.1) is 13.2 Å². The number of nitrogens with zero attached hydrogens (tertiary/aromatic N) is 3. The first kappa shape index (κ1) is 17.7. The number of rotatable bonds is 5. The number of anilines is 1. The Hall–Kier alpha value is -2.67. The molecule has 2 aromatic rings. The Morgan fingerprint density at radius 1 is 1.37 bits per heavy atom. The normalized spacial score (nSPS) is 16.7. The van der Waals surface area contributed by atoms with Crippen LogP contribution >= 0.6 is 0 Å². The number of urea groups is 1. The maximum Gasteiger partial charge on any atom is 0.321 e. The third-order valence-corrected chi connectivity index (χ3v) is 4.87. The molecule has 0 unspecified atom stereocenters. The molecular formula is C20H24N4O3. The van der Waals surface area contributed by atoms with Gasteiger partial charge in [-0.05, 0) is 55.5 Å². The molecular weight excluding hydrogens is 344 g/mol. The van der Waals surface area contributed by atoms with Crippen molar-refractivity contribution in [2.24, 2.45) is 0 Å². The van der Waals surface area contributed by atoms with E-state index in [-0.39, 0.29) is 6.03 Å². The summed E-state index contributed by atoms with van der Waals surface area (Å²) in [5.41, 5.74) is 3.71. The van der Waals surface area contributed by atoms with Gasteiger partial charge in [-0.2, -0.15) is 4.98 Å². The number of hydrogen-bond acceptors (Lipinski definition) is 5. The van der Waals surface area contributed by atoms with E-state index in [4.69, 9.17) is 9.26 Å². The Labute approximate surface area is 158 Å². The van der Waals surface area contributed by atoms with Crippen LogP contribution in [0.15, 0.2) is 34.4 Å². The van der Waals surface area contributed by atoms with E-state index in [0.717, 1.165) is 54.1 Å². The molecule has 142 valence electrons. The fourth-order valence-corrected chi connectivity index (χ4v) is 3.10. The molecule has 2 amide bonds. The van der Waals surface area contributed by atoms with Gasteiger partial charge in [-0.15, -0.1) is 0 Å². The van der Waals surface area contributed by atoms with Gasteiger partial charge in [0.25, 0.3) is 5.89 Å². The summed E-state index contributed by atoms with van der Waals surface area (Å²) < 4.78 is 10.8. The minimum Gasteiger partial charge on any atom is -0.377 e. The predicted octanol–water partition coefficient (Wildman–Crippen LogP) is 3.73. The Morgan fingerprint density at radius 3 is 2.93 bits per heavy atom. The largest absolute Gasteiger partial charge is 0.377 e. The minimum atomic E-state index is -0.147. The molecule has 1 aromatic carbocycles. The highest BCUT2D eigenvalue weighted by Crippen LogP contribution is 2.39. The van der Waals surface area contributed by atoms with E-state index in [1.807, 2.05) is 25.1 Å². The lowest BCUT2D eigenvalue weighted by Gasteiger charge is -2.22. The number of aryl methyl sites for hydroxylation is 1. The van der Waals surface area contributed by atoms with E-state index in [0.29, 0.717) is 25.0 Å². The molecule has 0 saturated heterocycles. The van der Waals surface area contributed by atoms with E-state index in [2.05, 4.69) is 21.5 Å². The van der Waals surface area contributed by atoms with E-state index in [9.17, 15) is 4.79 Å². The molecule has 0 spiro atoms. The molecule has 1 aromatic heterocycles. The van der Waals surface area contributed by atoms with Crippen LogP contribution in [0.5, 0.6) is 0 Å². The predicted molar refractivity (Wildman–Crippen MR) is 102 cm³/mol. The number of benzene rings is 1. The van der Waals surface area contributed by atoms with Crippen LogP contribution in [-0.2, 0) is 4.74 Å². The van der Waals surface area contributed by atoms with Crippen molar-refractivity contribution in [1.82, 2.24) is 15.0 Å². The zero-order valence-corrected chi connectivity index (χ0v) is 15.7. The summed E-state index contributed by atoms with van der Waals surface area (Å²) in [6, 6.07) is 5.58. The van der Waals surface area contributed by atoms with Crippen LogP contribution in [0.2, 0.25) is 0 Å². The van der Waals surface area contributed by atoms with Crippen molar-refractivity contribution in [2.75, 3.05) is 32.1 Å². The van der Waals surface area contributed by atoms with Gasteiger partial charge in [-0.1, -0.05) is 11.2 Å². The zero-order chi connectivity index (χ0) is 18.8. The van der Waals surface area contributed by atoms with E-state index in [1.165, 1.54) is 0 Å². The number of amides is 2. The number of likely N-dealkylation sites (N-methyl/N-ethyl adjacent to an activating group) is 1. The third-order valence-electron chi connectivity index (χ3n) is 4.87. The molecule has 4 rings (SSSR count). The maximum atomic E-state index is 12.5. The van der Waals surface area contributed by atoms with E-state index in [1.54, 1.807) is 11.9 Å². The smallest absolute Gasteiger partial charge is 0.321 e. The summed E-state index contributed by atoms with van der Waals surface area (Å²) in [6.07, 6.45) is 5.33. The highest BCUT2D eigenvalue weighted by atomic mass is 16.5. The lowest BCUT2D eigenvalue weighted by Crippen LogP contribution is -2.34. The van der Waals surface area contributed by atoms with Gasteiger partial charge >= 0.3 is 6.03 Å². The Balaban J connectivity index is 1.41. The fraction of sp³-hybridized carbons (Fsp3) is 0.450. The molecule has 0 bridgehead atoms. The molecule has 1 fully saturated rings. The molecule has 1 N–H and O–H groups in total. The van der Waals surface area contributed by atoms with E-state index < -0.39 is 0 Å². The molecule has 1 aliphatic heterocycles. The molecule has 1 aliphatic carbocycles. The van der Waals surface area contributed by atoms with E-state index >= 15 is 0 Å². The lowest BCUT2D eigenvalue weighted by molar-refractivity contribution is 0.145. The highest BCUT2D eigenvalue weighted by molar-refractivity contribution is 5.90. The monoisotopic (exact) mass is 368 g/mol. The maximum absolute atomic E-state index is 12.5. The number of ether oxygens (including phenoxy) is 1. The minimum absolute atomic E-state index is 0.147. The highest BCUT2D eigenvalue weighted by Gasteiger charge is 2.29. The first-order valence-electron chi connectivity index (χ1n) is 9.32. The van der Waals surface area contributed by atoms with Gasteiger partial charge < -0.3 is 19.5 Å². The van der Waals surface area contributed by atoms with Crippen LogP contribution in [0, 0.1) is 6.92 Å². The van der Waals surface area contributed by atoms with Crippen molar-refractivity contribution in [3.8, 4) is 11.5 Å². The second-order valence-corrected chi connectivity index (χ2v) is 7.25. The lowest BCUT2D eigenvalue weighted by atomic mass is 10.1. The Morgan fingerprint density at radius 2 is 2.22 bits per heavy atom. The molecule has 7 heteroatoms. The summed E-state index contributed by atoms with van der Waals surface area (Å²) in [5.74, 6) is 1.78. The van der Waals surface area contributed by atoms with Gasteiger partial charge in [0, 0.05) is 30.8 Å². The molecule has 1 saturated carbocycles. The van der Waals surface area contributed by atoms with Crippen LogP contribution in [-0.4, -0.2) is 47.9 Å². The number of hydrogen-bond donors (Lipinski definition) is 1. The van der Waals surface area contributed by atoms with Crippen LogP contribution < -0.4 is 5.32 Å². The number of aromatic nitrogens is 2. The van der Waals surface area contributed by atoms with Gasteiger partial charge in [0.15, 0.2) is 5.82 Å². The molecule has 2 heterocycles. The number of carbonyl (C=O) groups is 1.